The molecule has 18 heavy (non-hydrogen) atoms. The van der Waals surface area contributed by atoms with Crippen LogP contribution in [0.2, 0.25) is 5.02 Å². The molecule has 1 aromatic carbocycles. The Balaban J connectivity index is 2.12. The molecule has 1 fully saturated rings. The van der Waals surface area contributed by atoms with Crippen LogP contribution in [0.1, 0.15) is 26.7 Å². The van der Waals surface area contributed by atoms with Gasteiger partial charge in [-0.1, -0.05) is 31.5 Å². The molecule has 0 radical (unpaired) electrons. The lowest BCUT2D eigenvalue weighted by Crippen LogP contribution is -2.57. The number of carbonyl (C=O) groups is 1. The molecule has 98 valence electrons. The summed E-state index contributed by atoms with van der Waals surface area (Å²) in [6.07, 6.45) is 1.35. The molecule has 0 spiro atoms. The molecule has 0 saturated heterocycles. The monoisotopic (exact) mass is 267 g/mol. The van der Waals surface area contributed by atoms with E-state index in [9.17, 15) is 9.90 Å². The van der Waals surface area contributed by atoms with Crippen molar-refractivity contribution in [2.45, 2.75) is 32.2 Å². The Morgan fingerprint density at radius 1 is 1.50 bits per heavy atom. The Kier molecular flexibility index (Phi) is 3.53. The van der Waals surface area contributed by atoms with Crippen LogP contribution in [-0.2, 0) is 4.79 Å². The number of anilines is 1. The van der Waals surface area contributed by atoms with E-state index in [-0.39, 0.29) is 0 Å². The Morgan fingerprint density at radius 3 is 2.67 bits per heavy atom. The molecule has 2 N–H and O–H groups in total. The number of aliphatic carboxylic acids is 1. The van der Waals surface area contributed by atoms with Crippen molar-refractivity contribution in [3.63, 3.8) is 0 Å². The van der Waals surface area contributed by atoms with Crippen molar-refractivity contribution < 1.29 is 9.90 Å². The van der Waals surface area contributed by atoms with Crippen LogP contribution in [0.25, 0.3) is 0 Å². The van der Waals surface area contributed by atoms with Gasteiger partial charge in [0, 0.05) is 10.7 Å². The van der Waals surface area contributed by atoms with Gasteiger partial charge >= 0.3 is 5.97 Å². The van der Waals surface area contributed by atoms with Crippen molar-refractivity contribution in [3.8, 4) is 0 Å². The van der Waals surface area contributed by atoms with Crippen molar-refractivity contribution in [2.75, 3.05) is 5.32 Å². The molecule has 0 bridgehead atoms. The molecule has 1 aliphatic rings. The lowest BCUT2D eigenvalue weighted by atomic mass is 9.64. The molecule has 0 aliphatic heterocycles. The smallest absolute Gasteiger partial charge is 0.329 e. The quantitative estimate of drug-likeness (QED) is 0.876. The molecule has 0 amide bonds. The molecule has 1 aliphatic carbocycles. The zero-order chi connectivity index (χ0) is 13.3. The average molecular weight is 268 g/mol. The number of carboxylic acids is 1. The minimum atomic E-state index is -0.820. The predicted molar refractivity (Wildman–Crippen MR) is 73.0 cm³/mol. The zero-order valence-electron chi connectivity index (χ0n) is 10.6. The molecule has 1 aromatic rings. The topological polar surface area (TPSA) is 49.3 Å². The molecular formula is C14H18ClNO2. The van der Waals surface area contributed by atoms with E-state index in [4.69, 9.17) is 11.6 Å². The summed E-state index contributed by atoms with van der Waals surface area (Å²) in [6.45, 7) is 4.27. The van der Waals surface area contributed by atoms with Crippen LogP contribution in [0.5, 0.6) is 0 Å². The zero-order valence-corrected chi connectivity index (χ0v) is 11.4. The van der Waals surface area contributed by atoms with E-state index < -0.39 is 11.5 Å². The predicted octanol–water partition coefficient (Wildman–Crippen LogP) is 3.64. The molecule has 0 aromatic heterocycles. The van der Waals surface area contributed by atoms with Crippen LogP contribution in [0.15, 0.2) is 24.3 Å². The van der Waals surface area contributed by atoms with E-state index >= 15 is 0 Å². The second-order valence-electron chi connectivity index (χ2n) is 5.43. The molecule has 4 heteroatoms. The van der Waals surface area contributed by atoms with Crippen molar-refractivity contribution in [3.05, 3.63) is 29.3 Å². The fourth-order valence-corrected chi connectivity index (χ4v) is 2.67. The molecular weight excluding hydrogens is 250 g/mol. The van der Waals surface area contributed by atoms with Gasteiger partial charge in [0.05, 0.1) is 0 Å². The van der Waals surface area contributed by atoms with E-state index in [2.05, 4.69) is 19.2 Å². The van der Waals surface area contributed by atoms with Gasteiger partial charge in [0.1, 0.15) is 5.54 Å². The van der Waals surface area contributed by atoms with E-state index in [1.54, 1.807) is 12.1 Å². The van der Waals surface area contributed by atoms with Crippen LogP contribution < -0.4 is 5.32 Å². The number of nitrogens with one attached hydrogen (secondary N) is 1. The minimum absolute atomic E-state index is 0.479. The van der Waals surface area contributed by atoms with Crippen LogP contribution in [0.4, 0.5) is 5.69 Å². The van der Waals surface area contributed by atoms with Gasteiger partial charge in [-0.2, -0.15) is 0 Å². The Morgan fingerprint density at radius 2 is 2.17 bits per heavy atom. The van der Waals surface area contributed by atoms with Crippen LogP contribution >= 0.6 is 11.6 Å². The summed E-state index contributed by atoms with van der Waals surface area (Å²) in [6, 6.07) is 7.20. The normalized spacial score (nSPS) is 26.8. The van der Waals surface area contributed by atoms with E-state index in [1.807, 2.05) is 12.1 Å². The number of hydrogen-bond acceptors (Lipinski definition) is 2. The number of hydrogen-bond donors (Lipinski definition) is 2. The summed E-state index contributed by atoms with van der Waals surface area (Å²) >= 11 is 5.91. The molecule has 0 unspecified atom stereocenters. The van der Waals surface area contributed by atoms with Gasteiger partial charge in [-0.15, -0.1) is 0 Å². The highest BCUT2D eigenvalue weighted by Crippen LogP contribution is 2.44. The van der Waals surface area contributed by atoms with Gasteiger partial charge in [0.15, 0.2) is 0 Å². The number of carboxylic acid groups (broad SMARTS) is 1. The van der Waals surface area contributed by atoms with Crippen molar-refractivity contribution in [2.24, 2.45) is 11.8 Å². The highest BCUT2D eigenvalue weighted by molar-refractivity contribution is 6.30. The van der Waals surface area contributed by atoms with Crippen LogP contribution in [0, 0.1) is 11.8 Å². The summed E-state index contributed by atoms with van der Waals surface area (Å²) in [5.74, 6) is 0.228. The summed E-state index contributed by atoms with van der Waals surface area (Å²) in [4.78, 5) is 11.5. The van der Waals surface area contributed by atoms with Gasteiger partial charge in [0.2, 0.25) is 0 Å². The van der Waals surface area contributed by atoms with Gasteiger partial charge in [-0.25, -0.2) is 4.79 Å². The molecule has 2 rings (SSSR count). The van der Waals surface area contributed by atoms with E-state index in [1.165, 1.54) is 0 Å². The van der Waals surface area contributed by atoms with E-state index in [0.29, 0.717) is 29.7 Å². The second-order valence-corrected chi connectivity index (χ2v) is 5.87. The summed E-state index contributed by atoms with van der Waals surface area (Å²) in [5, 5.41) is 13.2. The third kappa shape index (κ3) is 2.46. The second kappa shape index (κ2) is 4.81. The summed E-state index contributed by atoms with van der Waals surface area (Å²) in [5.41, 5.74) is -0.0494. The maximum atomic E-state index is 11.5. The maximum Gasteiger partial charge on any atom is 0.329 e. The molecule has 1 saturated carbocycles. The first-order chi connectivity index (χ1) is 8.43. The first kappa shape index (κ1) is 13.2. The lowest BCUT2D eigenvalue weighted by Gasteiger charge is -2.47. The third-order valence-electron chi connectivity index (χ3n) is 3.78. The van der Waals surface area contributed by atoms with Crippen molar-refractivity contribution in [1.82, 2.24) is 0 Å². The molecule has 0 atom stereocenters. The van der Waals surface area contributed by atoms with Crippen molar-refractivity contribution in [1.29, 1.82) is 0 Å². The fraction of sp³-hybridized carbons (Fsp3) is 0.500. The van der Waals surface area contributed by atoms with Gasteiger partial charge < -0.3 is 10.4 Å². The van der Waals surface area contributed by atoms with Crippen molar-refractivity contribution >= 4 is 23.3 Å². The Bertz CT molecular complexity index is 453. The van der Waals surface area contributed by atoms with E-state index in [0.717, 1.165) is 5.69 Å². The largest absolute Gasteiger partial charge is 0.480 e. The minimum Gasteiger partial charge on any atom is -0.480 e. The first-order valence-electron chi connectivity index (χ1n) is 6.20. The van der Waals surface area contributed by atoms with Gasteiger partial charge in [0.25, 0.3) is 0 Å². The maximum absolute atomic E-state index is 11.5. The summed E-state index contributed by atoms with van der Waals surface area (Å²) < 4.78 is 0. The fourth-order valence-electron chi connectivity index (χ4n) is 2.48. The number of halogens is 1. The van der Waals surface area contributed by atoms with Crippen LogP contribution in [-0.4, -0.2) is 16.6 Å². The molecule has 0 heterocycles. The number of benzene rings is 1. The Hall–Kier alpha value is -1.22. The SMILES string of the molecule is CC(C)C1CC(Nc2cccc(Cl)c2)(C(=O)O)C1. The number of rotatable bonds is 4. The molecule has 3 nitrogen and oxygen atoms in total. The lowest BCUT2D eigenvalue weighted by molar-refractivity contribution is -0.148. The average Bonchev–Trinajstić information content (AvgIpc) is 2.21. The highest BCUT2D eigenvalue weighted by atomic mass is 35.5. The van der Waals surface area contributed by atoms with Gasteiger partial charge in [-0.05, 0) is 42.9 Å². The Labute approximate surface area is 112 Å². The highest BCUT2D eigenvalue weighted by Gasteiger charge is 2.51. The standard InChI is InChI=1S/C14H18ClNO2/c1-9(2)10-7-14(8-10,13(17)18)16-12-5-3-4-11(15)6-12/h3-6,9-10,16H,7-8H2,1-2H3,(H,17,18). The van der Waals surface area contributed by atoms with Crippen LogP contribution in [0.3, 0.4) is 0 Å². The third-order valence-corrected chi connectivity index (χ3v) is 4.02. The van der Waals surface area contributed by atoms with Gasteiger partial charge in [-0.3, -0.25) is 0 Å². The summed E-state index contributed by atoms with van der Waals surface area (Å²) in [7, 11) is 0. The first-order valence-corrected chi connectivity index (χ1v) is 6.58.